The van der Waals surface area contributed by atoms with Gasteiger partial charge in [-0.3, -0.25) is 0 Å². The third kappa shape index (κ3) is 2.61. The van der Waals surface area contributed by atoms with E-state index in [0.29, 0.717) is 5.82 Å². The van der Waals surface area contributed by atoms with Crippen LogP contribution in [0.3, 0.4) is 0 Å². The first-order chi connectivity index (χ1) is 10.2. The molecule has 0 unspecified atom stereocenters. The highest BCUT2D eigenvalue weighted by Crippen LogP contribution is 2.20. The van der Waals surface area contributed by atoms with Gasteiger partial charge in [-0.05, 0) is 36.6 Å². The van der Waals surface area contributed by atoms with Gasteiger partial charge in [0.1, 0.15) is 11.6 Å². The molecule has 21 heavy (non-hydrogen) atoms. The van der Waals surface area contributed by atoms with E-state index in [0.717, 1.165) is 41.9 Å². The van der Waals surface area contributed by atoms with Gasteiger partial charge in [-0.15, -0.1) is 0 Å². The highest BCUT2D eigenvalue weighted by atomic mass is 15.1. The second kappa shape index (κ2) is 5.56. The summed E-state index contributed by atoms with van der Waals surface area (Å²) in [6.07, 6.45) is 3.72. The molecule has 0 amide bonds. The minimum atomic E-state index is 0.598. The Morgan fingerprint density at radius 2 is 2.05 bits per heavy atom. The number of fused-ring (bicyclic) bond motifs is 1. The van der Waals surface area contributed by atoms with Crippen LogP contribution in [0.2, 0.25) is 0 Å². The summed E-state index contributed by atoms with van der Waals surface area (Å²) in [5, 5.41) is 0. The first kappa shape index (κ1) is 13.6. The molecule has 0 aliphatic rings. The number of imidazole rings is 1. The molecule has 4 heteroatoms. The van der Waals surface area contributed by atoms with Crippen molar-refractivity contribution >= 4 is 16.9 Å². The monoisotopic (exact) mass is 280 g/mol. The van der Waals surface area contributed by atoms with Crippen LogP contribution in [0.5, 0.6) is 0 Å². The van der Waals surface area contributed by atoms with Crippen LogP contribution in [0.1, 0.15) is 30.3 Å². The number of anilines is 1. The molecule has 3 aromatic rings. The molecule has 0 spiro atoms. The van der Waals surface area contributed by atoms with Crippen molar-refractivity contribution in [1.29, 1.82) is 0 Å². The third-order valence-electron chi connectivity index (χ3n) is 3.72. The van der Waals surface area contributed by atoms with Crippen LogP contribution in [0.25, 0.3) is 11.0 Å². The minimum Gasteiger partial charge on any atom is -0.383 e. The van der Waals surface area contributed by atoms with Crippen LogP contribution < -0.4 is 5.73 Å². The van der Waals surface area contributed by atoms with E-state index in [2.05, 4.69) is 40.7 Å². The zero-order valence-electron chi connectivity index (χ0n) is 12.5. The second-order valence-corrected chi connectivity index (χ2v) is 5.39. The molecule has 108 valence electrons. The van der Waals surface area contributed by atoms with Crippen LogP contribution in [0.15, 0.2) is 36.5 Å². The number of aryl methyl sites for hydroxylation is 2. The molecule has 0 saturated heterocycles. The molecule has 1 aromatic carbocycles. The van der Waals surface area contributed by atoms with E-state index in [1.807, 2.05) is 19.2 Å². The summed E-state index contributed by atoms with van der Waals surface area (Å²) >= 11 is 0. The fourth-order valence-electron chi connectivity index (χ4n) is 2.66. The molecule has 2 aromatic heterocycles. The molecule has 2 heterocycles. The average molecular weight is 280 g/mol. The lowest BCUT2D eigenvalue weighted by atomic mass is 10.1. The molecular weight excluding hydrogens is 260 g/mol. The number of para-hydroxylation sites is 2. The van der Waals surface area contributed by atoms with Gasteiger partial charge in [-0.25, -0.2) is 9.97 Å². The molecule has 0 aliphatic heterocycles. The summed E-state index contributed by atoms with van der Waals surface area (Å²) in [4.78, 5) is 9.03. The summed E-state index contributed by atoms with van der Waals surface area (Å²) in [5.74, 6) is 1.69. The Hall–Kier alpha value is -2.36. The number of nitrogens with two attached hydrogens (primary N) is 1. The summed E-state index contributed by atoms with van der Waals surface area (Å²) in [6.45, 7) is 5.16. The van der Waals surface area contributed by atoms with Crippen molar-refractivity contribution in [3.8, 4) is 0 Å². The van der Waals surface area contributed by atoms with E-state index in [1.165, 1.54) is 5.52 Å². The largest absolute Gasteiger partial charge is 0.383 e. The molecule has 0 bridgehead atoms. The predicted molar refractivity (Wildman–Crippen MR) is 86.2 cm³/mol. The number of rotatable bonds is 4. The van der Waals surface area contributed by atoms with Crippen LogP contribution >= 0.6 is 0 Å². The average Bonchev–Trinajstić information content (AvgIpc) is 2.81. The lowest BCUT2D eigenvalue weighted by Crippen LogP contribution is -2.05. The Bertz CT molecular complexity index is 774. The van der Waals surface area contributed by atoms with Crippen molar-refractivity contribution < 1.29 is 0 Å². The van der Waals surface area contributed by atoms with E-state index >= 15 is 0 Å². The number of hydrogen-bond donors (Lipinski definition) is 1. The van der Waals surface area contributed by atoms with E-state index in [9.17, 15) is 0 Å². The highest BCUT2D eigenvalue weighted by Gasteiger charge is 2.11. The first-order valence-electron chi connectivity index (χ1n) is 7.34. The van der Waals surface area contributed by atoms with Crippen LogP contribution in [-0.2, 0) is 13.0 Å². The number of aromatic nitrogens is 3. The van der Waals surface area contributed by atoms with Crippen molar-refractivity contribution in [2.24, 2.45) is 0 Å². The van der Waals surface area contributed by atoms with E-state index in [1.54, 1.807) is 0 Å². The Labute approximate surface area is 124 Å². The van der Waals surface area contributed by atoms with Gasteiger partial charge in [-0.1, -0.05) is 25.1 Å². The lowest BCUT2D eigenvalue weighted by Gasteiger charge is -2.08. The van der Waals surface area contributed by atoms with Gasteiger partial charge in [0.25, 0.3) is 0 Å². The highest BCUT2D eigenvalue weighted by molar-refractivity contribution is 5.76. The zero-order valence-corrected chi connectivity index (χ0v) is 12.5. The molecule has 2 N–H and O–H groups in total. The van der Waals surface area contributed by atoms with Crippen LogP contribution in [0, 0.1) is 6.92 Å². The van der Waals surface area contributed by atoms with Crippen molar-refractivity contribution in [3.63, 3.8) is 0 Å². The van der Waals surface area contributed by atoms with E-state index < -0.39 is 0 Å². The molecule has 0 fully saturated rings. The number of pyridine rings is 1. The van der Waals surface area contributed by atoms with Gasteiger partial charge in [0.05, 0.1) is 11.0 Å². The smallest absolute Gasteiger partial charge is 0.126 e. The lowest BCUT2D eigenvalue weighted by molar-refractivity contribution is 0.664. The van der Waals surface area contributed by atoms with Crippen molar-refractivity contribution in [2.75, 3.05) is 5.73 Å². The summed E-state index contributed by atoms with van der Waals surface area (Å²) < 4.78 is 2.31. The van der Waals surface area contributed by atoms with Gasteiger partial charge >= 0.3 is 0 Å². The maximum Gasteiger partial charge on any atom is 0.126 e. The topological polar surface area (TPSA) is 56.7 Å². The first-order valence-corrected chi connectivity index (χ1v) is 7.34. The van der Waals surface area contributed by atoms with Gasteiger partial charge in [0.15, 0.2) is 0 Å². The summed E-state index contributed by atoms with van der Waals surface area (Å²) in [7, 11) is 0. The fourth-order valence-corrected chi connectivity index (χ4v) is 2.66. The quantitative estimate of drug-likeness (QED) is 0.797. The molecular formula is C17H20N4. The predicted octanol–water partition coefficient (Wildman–Crippen LogP) is 3.32. The van der Waals surface area contributed by atoms with Gasteiger partial charge in [0, 0.05) is 19.2 Å². The maximum atomic E-state index is 5.79. The minimum absolute atomic E-state index is 0.598. The van der Waals surface area contributed by atoms with Crippen LogP contribution in [0.4, 0.5) is 5.82 Å². The summed E-state index contributed by atoms with van der Waals surface area (Å²) in [5.41, 5.74) is 10.2. The fraction of sp³-hybridized carbons (Fsp3) is 0.294. The van der Waals surface area contributed by atoms with Crippen molar-refractivity contribution in [2.45, 2.75) is 33.2 Å². The maximum absolute atomic E-state index is 5.79. The SMILES string of the molecule is CCCn1c(Cc2cnc(N)c(C)c2)nc2ccccc21. The molecule has 0 radical (unpaired) electrons. The van der Waals surface area contributed by atoms with Crippen molar-refractivity contribution in [1.82, 2.24) is 14.5 Å². The second-order valence-electron chi connectivity index (χ2n) is 5.39. The third-order valence-corrected chi connectivity index (χ3v) is 3.72. The number of hydrogen-bond acceptors (Lipinski definition) is 3. The number of benzene rings is 1. The Kier molecular flexibility index (Phi) is 3.60. The number of nitrogens with zero attached hydrogens (tertiary/aromatic N) is 3. The van der Waals surface area contributed by atoms with Gasteiger partial charge in [0.2, 0.25) is 0 Å². The Morgan fingerprint density at radius 3 is 2.81 bits per heavy atom. The van der Waals surface area contributed by atoms with E-state index in [4.69, 9.17) is 10.7 Å². The molecule has 0 saturated carbocycles. The van der Waals surface area contributed by atoms with Crippen LogP contribution in [-0.4, -0.2) is 14.5 Å². The van der Waals surface area contributed by atoms with Gasteiger partial charge < -0.3 is 10.3 Å². The molecule has 0 aliphatic carbocycles. The molecule has 0 atom stereocenters. The normalized spacial score (nSPS) is 11.1. The van der Waals surface area contributed by atoms with E-state index in [-0.39, 0.29) is 0 Å². The van der Waals surface area contributed by atoms with Gasteiger partial charge in [-0.2, -0.15) is 0 Å². The van der Waals surface area contributed by atoms with Crippen molar-refractivity contribution in [3.05, 3.63) is 53.5 Å². The Morgan fingerprint density at radius 1 is 1.24 bits per heavy atom. The molecule has 3 rings (SSSR count). The molecule has 4 nitrogen and oxygen atoms in total. The standard InChI is InChI=1S/C17H20N4/c1-3-8-21-15-7-5-4-6-14(15)20-16(21)10-13-9-12(2)17(18)19-11-13/h4-7,9,11H,3,8,10H2,1-2H3,(H2,18,19). The Balaban J connectivity index is 2.02. The summed E-state index contributed by atoms with van der Waals surface area (Å²) in [6, 6.07) is 10.4. The zero-order chi connectivity index (χ0) is 14.8. The number of nitrogen functional groups attached to an aromatic ring is 1.